The Hall–Kier alpha value is -0.910. The molecule has 2 fully saturated rings. The van der Waals surface area contributed by atoms with Crippen molar-refractivity contribution in [2.75, 3.05) is 19.7 Å². The van der Waals surface area contributed by atoms with E-state index in [0.29, 0.717) is 25.0 Å². The van der Waals surface area contributed by atoms with E-state index in [9.17, 15) is 4.79 Å². The molecule has 5 heteroatoms. The molecular formula is C13H18N2O2S. The van der Waals surface area contributed by atoms with Crippen molar-refractivity contribution in [1.82, 2.24) is 9.80 Å². The highest BCUT2D eigenvalue weighted by atomic mass is 32.1. The van der Waals surface area contributed by atoms with E-state index in [1.54, 1.807) is 11.3 Å². The van der Waals surface area contributed by atoms with Gasteiger partial charge in [-0.15, -0.1) is 11.3 Å². The van der Waals surface area contributed by atoms with Gasteiger partial charge in [-0.05, 0) is 17.9 Å². The summed E-state index contributed by atoms with van der Waals surface area (Å²) in [4.78, 5) is 17.6. The van der Waals surface area contributed by atoms with E-state index in [0.717, 1.165) is 19.5 Å². The van der Waals surface area contributed by atoms with E-state index >= 15 is 0 Å². The monoisotopic (exact) mass is 266 g/mol. The fourth-order valence-corrected chi connectivity index (χ4v) is 3.94. The lowest BCUT2D eigenvalue weighted by Crippen LogP contribution is -2.38. The van der Waals surface area contributed by atoms with Gasteiger partial charge in [0.05, 0.1) is 6.61 Å². The van der Waals surface area contributed by atoms with Gasteiger partial charge in [0.15, 0.2) is 0 Å². The molecule has 2 atom stereocenters. The highest BCUT2D eigenvalue weighted by Gasteiger charge is 2.46. The molecule has 98 valence electrons. The number of hydrogen-bond donors (Lipinski definition) is 1. The van der Waals surface area contributed by atoms with Crippen molar-refractivity contribution in [1.29, 1.82) is 0 Å². The molecule has 0 unspecified atom stereocenters. The first-order valence-corrected chi connectivity index (χ1v) is 7.34. The van der Waals surface area contributed by atoms with Crippen LogP contribution in [-0.4, -0.2) is 52.6 Å². The standard InChI is InChI=1S/C13H18N2O2S/c16-6-5-15-11-3-4-14(12(11)8-13(15)17)9-10-2-1-7-18-10/h1-2,7,11-12,16H,3-6,8-9H2/t11-,12-/m1/s1. The Morgan fingerprint density at radius 3 is 3.06 bits per heavy atom. The fraction of sp³-hybridized carbons (Fsp3) is 0.615. The molecule has 4 nitrogen and oxygen atoms in total. The molecule has 2 saturated heterocycles. The lowest BCUT2D eigenvalue weighted by atomic mass is 10.1. The summed E-state index contributed by atoms with van der Waals surface area (Å²) in [6, 6.07) is 4.90. The number of carbonyl (C=O) groups is 1. The molecule has 18 heavy (non-hydrogen) atoms. The number of carbonyl (C=O) groups excluding carboxylic acids is 1. The van der Waals surface area contributed by atoms with Gasteiger partial charge in [-0.1, -0.05) is 6.07 Å². The molecule has 2 aliphatic heterocycles. The molecule has 1 N–H and O–H groups in total. The molecule has 3 heterocycles. The quantitative estimate of drug-likeness (QED) is 0.881. The van der Waals surface area contributed by atoms with Crippen LogP contribution in [0, 0.1) is 0 Å². The summed E-state index contributed by atoms with van der Waals surface area (Å²) in [5, 5.41) is 11.1. The normalized spacial score (nSPS) is 28.1. The van der Waals surface area contributed by atoms with Gasteiger partial charge >= 0.3 is 0 Å². The van der Waals surface area contributed by atoms with Crippen LogP contribution < -0.4 is 0 Å². The Labute approximate surface area is 111 Å². The van der Waals surface area contributed by atoms with Crippen LogP contribution in [0.2, 0.25) is 0 Å². The van der Waals surface area contributed by atoms with Crippen LogP contribution in [-0.2, 0) is 11.3 Å². The summed E-state index contributed by atoms with van der Waals surface area (Å²) in [5.41, 5.74) is 0. The Bertz CT molecular complexity index is 421. The zero-order chi connectivity index (χ0) is 12.5. The fourth-order valence-electron chi connectivity index (χ4n) is 3.21. The second kappa shape index (κ2) is 4.99. The molecule has 0 aliphatic carbocycles. The predicted molar refractivity (Wildman–Crippen MR) is 70.3 cm³/mol. The van der Waals surface area contributed by atoms with Crippen molar-refractivity contribution in [2.24, 2.45) is 0 Å². The molecule has 2 aliphatic rings. The van der Waals surface area contributed by atoms with Gasteiger partial charge in [-0.2, -0.15) is 0 Å². The number of aliphatic hydroxyl groups excluding tert-OH is 1. The first-order valence-electron chi connectivity index (χ1n) is 6.46. The zero-order valence-electron chi connectivity index (χ0n) is 10.3. The summed E-state index contributed by atoms with van der Waals surface area (Å²) >= 11 is 1.78. The Morgan fingerprint density at radius 2 is 2.33 bits per heavy atom. The van der Waals surface area contributed by atoms with Crippen LogP contribution in [0.15, 0.2) is 17.5 Å². The highest BCUT2D eigenvalue weighted by molar-refractivity contribution is 7.09. The highest BCUT2D eigenvalue weighted by Crippen LogP contribution is 2.33. The smallest absolute Gasteiger partial charge is 0.224 e. The molecule has 0 spiro atoms. The molecule has 0 aromatic carbocycles. The molecule has 1 amide bonds. The van der Waals surface area contributed by atoms with E-state index in [1.807, 2.05) is 4.90 Å². The van der Waals surface area contributed by atoms with E-state index in [-0.39, 0.29) is 12.5 Å². The maximum absolute atomic E-state index is 11.9. The molecule has 0 saturated carbocycles. The largest absolute Gasteiger partial charge is 0.395 e. The minimum Gasteiger partial charge on any atom is -0.395 e. The van der Waals surface area contributed by atoms with Gasteiger partial charge in [0, 0.05) is 43.0 Å². The number of β-amino-alcohol motifs (C(OH)–C–C–N with tert-alkyl or cyclic N) is 1. The molecule has 1 aromatic heterocycles. The van der Waals surface area contributed by atoms with Crippen molar-refractivity contribution in [3.05, 3.63) is 22.4 Å². The van der Waals surface area contributed by atoms with Crippen molar-refractivity contribution in [2.45, 2.75) is 31.5 Å². The van der Waals surface area contributed by atoms with Gasteiger partial charge in [0.25, 0.3) is 0 Å². The number of likely N-dealkylation sites (tertiary alicyclic amines) is 2. The second-order valence-electron chi connectivity index (χ2n) is 4.99. The maximum Gasteiger partial charge on any atom is 0.224 e. The van der Waals surface area contributed by atoms with Gasteiger partial charge in [-0.25, -0.2) is 0 Å². The number of hydrogen-bond acceptors (Lipinski definition) is 4. The molecule has 0 radical (unpaired) electrons. The molecule has 0 bridgehead atoms. The number of nitrogens with zero attached hydrogens (tertiary/aromatic N) is 2. The third-order valence-corrected chi connectivity index (χ3v) is 4.87. The van der Waals surface area contributed by atoms with E-state index in [1.165, 1.54) is 4.88 Å². The molecular weight excluding hydrogens is 248 g/mol. The zero-order valence-corrected chi connectivity index (χ0v) is 11.1. The Balaban J connectivity index is 1.69. The summed E-state index contributed by atoms with van der Waals surface area (Å²) in [6.45, 7) is 2.58. The second-order valence-corrected chi connectivity index (χ2v) is 6.02. The lowest BCUT2D eigenvalue weighted by Gasteiger charge is -2.24. The number of amides is 1. The SMILES string of the molecule is O=C1C[C@@H]2[C@@H](CCN2Cc2cccs2)N1CCO. The topological polar surface area (TPSA) is 43.8 Å². The summed E-state index contributed by atoms with van der Waals surface area (Å²) in [7, 11) is 0. The van der Waals surface area contributed by atoms with E-state index < -0.39 is 0 Å². The summed E-state index contributed by atoms with van der Waals surface area (Å²) in [6.07, 6.45) is 1.66. The number of rotatable bonds is 4. The van der Waals surface area contributed by atoms with Gasteiger partial charge in [0.2, 0.25) is 5.91 Å². The summed E-state index contributed by atoms with van der Waals surface area (Å²) < 4.78 is 0. The van der Waals surface area contributed by atoms with Crippen molar-refractivity contribution in [3.63, 3.8) is 0 Å². The Morgan fingerprint density at radius 1 is 1.44 bits per heavy atom. The molecule has 3 rings (SSSR count). The minimum absolute atomic E-state index is 0.0693. The molecule has 1 aromatic rings. The third kappa shape index (κ3) is 2.06. The number of thiophene rings is 1. The average Bonchev–Trinajstić information content (AvgIpc) is 3.03. The van der Waals surface area contributed by atoms with Crippen molar-refractivity contribution >= 4 is 17.2 Å². The van der Waals surface area contributed by atoms with Crippen LogP contribution in [0.4, 0.5) is 0 Å². The van der Waals surface area contributed by atoms with Crippen molar-refractivity contribution in [3.8, 4) is 0 Å². The minimum atomic E-state index is 0.0693. The summed E-state index contributed by atoms with van der Waals surface area (Å²) in [5.74, 6) is 0.204. The van der Waals surface area contributed by atoms with Gasteiger partial charge in [-0.3, -0.25) is 9.69 Å². The third-order valence-electron chi connectivity index (χ3n) is 4.01. The number of aliphatic hydroxyl groups is 1. The predicted octanol–water partition coefficient (Wildman–Crippen LogP) is 0.916. The van der Waals surface area contributed by atoms with Crippen molar-refractivity contribution < 1.29 is 9.90 Å². The van der Waals surface area contributed by atoms with Gasteiger partial charge in [0.1, 0.15) is 0 Å². The van der Waals surface area contributed by atoms with E-state index in [4.69, 9.17) is 5.11 Å². The van der Waals surface area contributed by atoms with Gasteiger partial charge < -0.3 is 10.0 Å². The van der Waals surface area contributed by atoms with Crippen LogP contribution in [0.1, 0.15) is 17.7 Å². The lowest BCUT2D eigenvalue weighted by molar-refractivity contribution is -0.129. The Kier molecular flexibility index (Phi) is 3.37. The first kappa shape index (κ1) is 12.1. The number of fused-ring (bicyclic) bond motifs is 1. The van der Waals surface area contributed by atoms with Crippen LogP contribution >= 0.6 is 11.3 Å². The van der Waals surface area contributed by atoms with Crippen LogP contribution in [0.25, 0.3) is 0 Å². The first-order chi connectivity index (χ1) is 8.79. The average molecular weight is 266 g/mol. The maximum atomic E-state index is 11.9. The van der Waals surface area contributed by atoms with Crippen LogP contribution in [0.5, 0.6) is 0 Å². The van der Waals surface area contributed by atoms with Crippen LogP contribution in [0.3, 0.4) is 0 Å². The van der Waals surface area contributed by atoms with E-state index in [2.05, 4.69) is 22.4 Å².